The van der Waals surface area contributed by atoms with Gasteiger partial charge in [-0.3, -0.25) is 0 Å². The van der Waals surface area contributed by atoms with Gasteiger partial charge < -0.3 is 10.1 Å². The van der Waals surface area contributed by atoms with Crippen LogP contribution in [0.2, 0.25) is 0 Å². The Morgan fingerprint density at radius 2 is 1.92 bits per heavy atom. The Labute approximate surface area is 139 Å². The molecule has 0 atom stereocenters. The van der Waals surface area contributed by atoms with E-state index in [0.717, 1.165) is 10.0 Å². The Kier molecular flexibility index (Phi) is 4.55. The predicted octanol–water partition coefficient (Wildman–Crippen LogP) is 2.62. The summed E-state index contributed by atoms with van der Waals surface area (Å²) in [6.45, 7) is 1.13. The summed E-state index contributed by atoms with van der Waals surface area (Å²) in [5.41, 5.74) is 0.445. The molecule has 3 rings (SSSR count). The fourth-order valence-electron chi connectivity index (χ4n) is 2.47. The predicted molar refractivity (Wildman–Crippen MR) is 90.3 cm³/mol. The van der Waals surface area contributed by atoms with Crippen LogP contribution in [0.25, 0.3) is 10.9 Å². The molecule has 3 aromatic rings. The highest BCUT2D eigenvalue weighted by Crippen LogP contribution is 2.29. The SMILES string of the molecule is CNCCOc1cccc2c1ccn2S(=O)(=O)c1ccccc1F. The molecule has 24 heavy (non-hydrogen) atoms. The van der Waals surface area contributed by atoms with Crippen molar-refractivity contribution in [1.29, 1.82) is 0 Å². The Hall–Kier alpha value is -2.38. The minimum Gasteiger partial charge on any atom is -0.492 e. The molecule has 0 saturated carbocycles. The average molecular weight is 348 g/mol. The molecular formula is C17H17FN2O3S. The molecule has 5 nitrogen and oxygen atoms in total. The Morgan fingerprint density at radius 3 is 2.67 bits per heavy atom. The molecule has 1 N–H and O–H groups in total. The number of benzene rings is 2. The van der Waals surface area contributed by atoms with Crippen LogP contribution < -0.4 is 10.1 Å². The molecule has 2 aromatic carbocycles. The van der Waals surface area contributed by atoms with Crippen LogP contribution in [-0.4, -0.2) is 32.6 Å². The van der Waals surface area contributed by atoms with Crippen LogP contribution in [0.1, 0.15) is 0 Å². The van der Waals surface area contributed by atoms with Gasteiger partial charge >= 0.3 is 0 Å². The van der Waals surface area contributed by atoms with Gasteiger partial charge in [0.1, 0.15) is 23.1 Å². The lowest BCUT2D eigenvalue weighted by Gasteiger charge is -2.10. The van der Waals surface area contributed by atoms with E-state index in [1.807, 2.05) is 7.05 Å². The Bertz CT molecular complexity index is 967. The van der Waals surface area contributed by atoms with Crippen molar-refractivity contribution < 1.29 is 17.5 Å². The summed E-state index contributed by atoms with van der Waals surface area (Å²) in [5, 5.41) is 3.64. The van der Waals surface area contributed by atoms with Crippen molar-refractivity contribution in [3.63, 3.8) is 0 Å². The highest BCUT2D eigenvalue weighted by Gasteiger charge is 2.23. The molecule has 0 spiro atoms. The zero-order chi connectivity index (χ0) is 17.2. The van der Waals surface area contributed by atoms with Gasteiger partial charge in [-0.2, -0.15) is 0 Å². The van der Waals surface area contributed by atoms with Crippen molar-refractivity contribution >= 4 is 20.9 Å². The fourth-order valence-corrected chi connectivity index (χ4v) is 3.89. The van der Waals surface area contributed by atoms with E-state index in [2.05, 4.69) is 5.32 Å². The molecule has 126 valence electrons. The summed E-state index contributed by atoms with van der Waals surface area (Å²) < 4.78 is 46.2. The minimum atomic E-state index is -4.02. The van der Waals surface area contributed by atoms with Crippen LogP contribution in [0.5, 0.6) is 5.75 Å². The van der Waals surface area contributed by atoms with E-state index in [1.54, 1.807) is 24.3 Å². The van der Waals surface area contributed by atoms with Crippen LogP contribution in [0.15, 0.2) is 59.6 Å². The summed E-state index contributed by atoms with van der Waals surface area (Å²) in [5.74, 6) is -0.189. The van der Waals surface area contributed by atoms with Crippen LogP contribution in [-0.2, 0) is 10.0 Å². The zero-order valence-electron chi connectivity index (χ0n) is 13.1. The van der Waals surface area contributed by atoms with Gasteiger partial charge in [-0.05, 0) is 37.4 Å². The topological polar surface area (TPSA) is 60.3 Å². The summed E-state index contributed by atoms with van der Waals surface area (Å²) in [6, 6.07) is 12.1. The molecule has 0 saturated heterocycles. The number of halogens is 1. The lowest BCUT2D eigenvalue weighted by Crippen LogP contribution is -2.16. The van der Waals surface area contributed by atoms with Crippen molar-refractivity contribution in [2.45, 2.75) is 4.90 Å². The smallest absolute Gasteiger partial charge is 0.271 e. The maximum atomic E-state index is 13.9. The van der Waals surface area contributed by atoms with Gasteiger partial charge in [0.2, 0.25) is 0 Å². The van der Waals surface area contributed by atoms with Gasteiger partial charge in [-0.25, -0.2) is 16.8 Å². The molecule has 0 aliphatic heterocycles. The van der Waals surface area contributed by atoms with Gasteiger partial charge in [-0.1, -0.05) is 18.2 Å². The number of likely N-dealkylation sites (N-methyl/N-ethyl adjacent to an activating group) is 1. The molecule has 0 fully saturated rings. The van der Waals surface area contributed by atoms with E-state index in [0.29, 0.717) is 29.8 Å². The van der Waals surface area contributed by atoms with Crippen LogP contribution >= 0.6 is 0 Å². The van der Waals surface area contributed by atoms with E-state index in [9.17, 15) is 12.8 Å². The molecule has 0 amide bonds. The highest BCUT2D eigenvalue weighted by atomic mass is 32.2. The lowest BCUT2D eigenvalue weighted by molar-refractivity contribution is 0.322. The van der Waals surface area contributed by atoms with E-state index in [1.165, 1.54) is 24.4 Å². The standard InChI is InChI=1S/C17H17FN2O3S/c1-19-10-12-23-16-7-4-6-15-13(16)9-11-20(15)24(21,22)17-8-3-2-5-14(17)18/h2-9,11,19H,10,12H2,1H3. The lowest BCUT2D eigenvalue weighted by atomic mass is 10.2. The van der Waals surface area contributed by atoms with E-state index in [-0.39, 0.29) is 4.90 Å². The van der Waals surface area contributed by atoms with Crippen LogP contribution in [0.4, 0.5) is 4.39 Å². The van der Waals surface area contributed by atoms with Crippen molar-refractivity contribution in [2.75, 3.05) is 20.2 Å². The third-order valence-electron chi connectivity index (χ3n) is 3.64. The maximum Gasteiger partial charge on any atom is 0.271 e. The second kappa shape index (κ2) is 6.62. The van der Waals surface area contributed by atoms with E-state index < -0.39 is 15.8 Å². The average Bonchev–Trinajstić information content (AvgIpc) is 3.01. The summed E-state index contributed by atoms with van der Waals surface area (Å²) in [6.07, 6.45) is 1.41. The molecule has 0 aliphatic rings. The van der Waals surface area contributed by atoms with Crippen molar-refractivity contribution in [1.82, 2.24) is 9.29 Å². The number of nitrogens with zero attached hydrogens (tertiary/aromatic N) is 1. The number of rotatable bonds is 6. The third kappa shape index (κ3) is 2.88. The van der Waals surface area contributed by atoms with Gasteiger partial charge in [0, 0.05) is 18.1 Å². The Balaban J connectivity index is 2.08. The van der Waals surface area contributed by atoms with Gasteiger partial charge in [0.05, 0.1) is 5.52 Å². The molecule has 0 unspecified atom stereocenters. The summed E-state index contributed by atoms with van der Waals surface area (Å²) in [4.78, 5) is -0.357. The number of ether oxygens (including phenoxy) is 1. The molecule has 1 aromatic heterocycles. The summed E-state index contributed by atoms with van der Waals surface area (Å²) >= 11 is 0. The van der Waals surface area contributed by atoms with Crippen LogP contribution in [0.3, 0.4) is 0 Å². The third-order valence-corrected chi connectivity index (χ3v) is 5.36. The number of hydrogen-bond donors (Lipinski definition) is 1. The molecule has 0 aliphatic carbocycles. The minimum absolute atomic E-state index is 0.357. The molecule has 7 heteroatoms. The Morgan fingerprint density at radius 1 is 1.12 bits per heavy atom. The monoisotopic (exact) mass is 348 g/mol. The number of fused-ring (bicyclic) bond motifs is 1. The first kappa shape index (κ1) is 16.5. The van der Waals surface area contributed by atoms with E-state index in [4.69, 9.17) is 4.74 Å². The number of hydrogen-bond acceptors (Lipinski definition) is 4. The normalized spacial score (nSPS) is 11.8. The van der Waals surface area contributed by atoms with Crippen molar-refractivity contribution in [3.05, 3.63) is 60.5 Å². The second-order valence-corrected chi connectivity index (χ2v) is 6.97. The summed E-state index contributed by atoms with van der Waals surface area (Å²) in [7, 11) is -2.20. The largest absolute Gasteiger partial charge is 0.492 e. The van der Waals surface area contributed by atoms with Gasteiger partial charge in [-0.15, -0.1) is 0 Å². The number of nitrogens with one attached hydrogen (secondary N) is 1. The quantitative estimate of drug-likeness (QED) is 0.696. The van der Waals surface area contributed by atoms with Crippen molar-refractivity contribution in [2.24, 2.45) is 0 Å². The first-order valence-corrected chi connectivity index (χ1v) is 8.87. The van der Waals surface area contributed by atoms with Crippen LogP contribution in [0, 0.1) is 5.82 Å². The molecular weight excluding hydrogens is 331 g/mol. The van der Waals surface area contributed by atoms with Crippen molar-refractivity contribution in [3.8, 4) is 5.75 Å². The fraction of sp³-hybridized carbons (Fsp3) is 0.176. The molecule has 0 bridgehead atoms. The first-order valence-electron chi connectivity index (χ1n) is 7.43. The van der Waals surface area contributed by atoms with Gasteiger partial charge in [0.15, 0.2) is 0 Å². The second-order valence-electron chi connectivity index (χ2n) is 5.19. The van der Waals surface area contributed by atoms with E-state index >= 15 is 0 Å². The highest BCUT2D eigenvalue weighted by molar-refractivity contribution is 7.90. The molecule has 1 heterocycles. The van der Waals surface area contributed by atoms with Gasteiger partial charge in [0.25, 0.3) is 10.0 Å². The first-order chi connectivity index (χ1) is 11.6. The number of aromatic nitrogens is 1. The maximum absolute atomic E-state index is 13.9. The zero-order valence-corrected chi connectivity index (χ0v) is 13.9. The molecule has 0 radical (unpaired) electrons.